The summed E-state index contributed by atoms with van der Waals surface area (Å²) >= 11 is 0. The molecule has 25 heavy (non-hydrogen) atoms. The molecule has 2 N–H and O–H groups in total. The molecule has 0 saturated heterocycles. The van der Waals surface area contributed by atoms with Gasteiger partial charge in [-0.2, -0.15) is 13.2 Å². The van der Waals surface area contributed by atoms with Crippen molar-refractivity contribution in [1.82, 2.24) is 0 Å². The Morgan fingerprint density at radius 3 is 2.52 bits per heavy atom. The van der Waals surface area contributed by atoms with Crippen LogP contribution in [0.15, 0.2) is 64.0 Å². The van der Waals surface area contributed by atoms with Gasteiger partial charge in [0.15, 0.2) is 0 Å². The van der Waals surface area contributed by atoms with Crippen LogP contribution < -0.4 is 5.73 Å². The van der Waals surface area contributed by atoms with Gasteiger partial charge in [0.25, 0.3) is 5.69 Å². The molecule has 1 aliphatic rings. The highest BCUT2D eigenvalue weighted by atomic mass is 32.2. The van der Waals surface area contributed by atoms with Gasteiger partial charge in [-0.05, 0) is 33.6 Å². The molecule has 1 heterocycles. The number of rotatable bonds is 3. The second kappa shape index (κ2) is 6.25. The predicted molar refractivity (Wildman–Crippen MR) is 91.5 cm³/mol. The summed E-state index contributed by atoms with van der Waals surface area (Å²) in [6.07, 6.45) is -3.14. The second-order valence-corrected chi connectivity index (χ2v) is 7.20. The second-order valence-electron chi connectivity index (χ2n) is 5.19. The van der Waals surface area contributed by atoms with E-state index in [-0.39, 0.29) is 22.0 Å². The molecule has 5 nitrogen and oxygen atoms in total. The molecule has 130 valence electrons. The van der Waals surface area contributed by atoms with E-state index >= 15 is 0 Å². The molecule has 2 aromatic rings. The number of nitrogens with two attached hydrogens (primary N) is 1. The van der Waals surface area contributed by atoms with E-state index in [9.17, 15) is 23.3 Å². The molecule has 0 aromatic heterocycles. The summed E-state index contributed by atoms with van der Waals surface area (Å²) in [4.78, 5) is 14.5. The Morgan fingerprint density at radius 2 is 1.92 bits per heavy atom. The Labute approximate surface area is 143 Å². The first-order chi connectivity index (χ1) is 11.8. The van der Waals surface area contributed by atoms with Gasteiger partial charge in [0.05, 0.1) is 10.5 Å². The van der Waals surface area contributed by atoms with Crippen molar-refractivity contribution in [3.63, 3.8) is 0 Å². The van der Waals surface area contributed by atoms with Crippen LogP contribution in [0.1, 0.15) is 5.56 Å². The zero-order valence-electron chi connectivity index (χ0n) is 12.6. The number of nitrogens with zero attached hydrogens (tertiary/aromatic N) is 2. The Morgan fingerprint density at radius 1 is 1.16 bits per heavy atom. The summed E-state index contributed by atoms with van der Waals surface area (Å²) in [5.74, 6) is 0. The Hall–Kier alpha value is -2.81. The van der Waals surface area contributed by atoms with E-state index < -0.39 is 27.6 Å². The standard InChI is InChI=1S/C16H12F3N3O2S/c17-16(18,19)14-9-12(25-7-6-21-15(25)20)4-5-13(14)10-2-1-3-11(8-10)22(23)24/h1-9,25H,(H2,20,21). The smallest absolute Gasteiger partial charge is 0.379 e. The maximum absolute atomic E-state index is 13.6. The molecular weight excluding hydrogens is 355 g/mol. The minimum atomic E-state index is -4.61. The van der Waals surface area contributed by atoms with Crippen molar-refractivity contribution in [2.24, 2.45) is 10.7 Å². The van der Waals surface area contributed by atoms with Crippen LogP contribution in [0.2, 0.25) is 0 Å². The first-order valence-electron chi connectivity index (χ1n) is 7.02. The van der Waals surface area contributed by atoms with Crippen LogP contribution >= 0.6 is 10.9 Å². The van der Waals surface area contributed by atoms with Gasteiger partial charge >= 0.3 is 6.18 Å². The zero-order valence-corrected chi connectivity index (χ0v) is 13.5. The van der Waals surface area contributed by atoms with Gasteiger partial charge in [0.2, 0.25) is 0 Å². The fourth-order valence-corrected chi connectivity index (χ4v) is 3.97. The third-order valence-electron chi connectivity index (χ3n) is 3.62. The van der Waals surface area contributed by atoms with Gasteiger partial charge in [-0.3, -0.25) is 10.1 Å². The third kappa shape index (κ3) is 3.36. The lowest BCUT2D eigenvalue weighted by molar-refractivity contribution is -0.384. The van der Waals surface area contributed by atoms with E-state index in [1.54, 1.807) is 11.5 Å². The fraction of sp³-hybridized carbons (Fsp3) is 0.0625. The monoisotopic (exact) mass is 367 g/mol. The number of amidine groups is 1. The van der Waals surface area contributed by atoms with Crippen molar-refractivity contribution in [3.8, 4) is 11.1 Å². The van der Waals surface area contributed by atoms with Crippen molar-refractivity contribution in [3.05, 3.63) is 69.8 Å². The van der Waals surface area contributed by atoms with Crippen LogP contribution in [-0.4, -0.2) is 10.1 Å². The van der Waals surface area contributed by atoms with E-state index in [0.717, 1.165) is 12.1 Å². The number of nitro groups is 1. The maximum atomic E-state index is 13.6. The zero-order chi connectivity index (χ0) is 18.2. The predicted octanol–water partition coefficient (Wildman–Crippen LogP) is 4.44. The number of non-ortho nitro benzene ring substituents is 1. The summed E-state index contributed by atoms with van der Waals surface area (Å²) < 4.78 is 40.7. The molecule has 9 heteroatoms. The summed E-state index contributed by atoms with van der Waals surface area (Å²) in [6, 6.07) is 9.03. The molecular formula is C16H12F3N3O2S. The van der Waals surface area contributed by atoms with E-state index in [0.29, 0.717) is 4.90 Å². The number of hydrogen-bond donors (Lipinski definition) is 2. The Balaban J connectivity index is 2.14. The molecule has 0 radical (unpaired) electrons. The third-order valence-corrected chi connectivity index (χ3v) is 5.50. The van der Waals surface area contributed by atoms with Gasteiger partial charge < -0.3 is 5.73 Å². The molecule has 0 saturated carbocycles. The summed E-state index contributed by atoms with van der Waals surface area (Å²) in [6.45, 7) is 0. The van der Waals surface area contributed by atoms with Crippen LogP contribution in [0, 0.1) is 10.1 Å². The molecule has 0 aliphatic carbocycles. The van der Waals surface area contributed by atoms with Crippen molar-refractivity contribution in [1.29, 1.82) is 0 Å². The van der Waals surface area contributed by atoms with Crippen LogP contribution in [0.5, 0.6) is 0 Å². The van der Waals surface area contributed by atoms with Crippen molar-refractivity contribution in [2.75, 3.05) is 0 Å². The highest BCUT2D eigenvalue weighted by molar-refractivity contribution is 8.32. The molecule has 0 amide bonds. The fourth-order valence-electron chi connectivity index (χ4n) is 2.49. The van der Waals surface area contributed by atoms with Crippen LogP contribution in [0.4, 0.5) is 18.9 Å². The number of nitro benzene ring substituents is 1. The van der Waals surface area contributed by atoms with Gasteiger partial charge in [-0.1, -0.05) is 18.2 Å². The average Bonchev–Trinajstić information content (AvgIpc) is 2.99. The first kappa shape index (κ1) is 17.0. The molecule has 1 unspecified atom stereocenters. The Kier molecular flexibility index (Phi) is 4.25. The number of aliphatic imine (C=N–C) groups is 1. The lowest BCUT2D eigenvalue weighted by Gasteiger charge is -2.18. The maximum Gasteiger partial charge on any atom is 0.417 e. The highest BCUT2D eigenvalue weighted by Gasteiger charge is 2.34. The number of thiol groups is 1. The van der Waals surface area contributed by atoms with Gasteiger partial charge in [0.1, 0.15) is 5.17 Å². The largest absolute Gasteiger partial charge is 0.417 e. The van der Waals surface area contributed by atoms with Gasteiger partial charge in [-0.25, -0.2) is 4.99 Å². The molecule has 0 bridgehead atoms. The van der Waals surface area contributed by atoms with Crippen molar-refractivity contribution < 1.29 is 18.1 Å². The average molecular weight is 367 g/mol. The van der Waals surface area contributed by atoms with Crippen molar-refractivity contribution >= 4 is 21.8 Å². The van der Waals surface area contributed by atoms with Gasteiger partial charge in [0, 0.05) is 18.3 Å². The van der Waals surface area contributed by atoms with Crippen LogP contribution in [0.3, 0.4) is 0 Å². The molecule has 0 fully saturated rings. The number of benzene rings is 2. The molecule has 1 aliphatic heterocycles. The lowest BCUT2D eigenvalue weighted by Crippen LogP contribution is -2.11. The van der Waals surface area contributed by atoms with E-state index in [1.165, 1.54) is 30.5 Å². The number of alkyl halides is 3. The Bertz CT molecular complexity index is 910. The van der Waals surface area contributed by atoms with Crippen molar-refractivity contribution in [2.45, 2.75) is 11.1 Å². The topological polar surface area (TPSA) is 81.5 Å². The highest BCUT2D eigenvalue weighted by Crippen LogP contribution is 2.45. The molecule has 3 rings (SSSR count). The minimum absolute atomic E-state index is 0.117. The van der Waals surface area contributed by atoms with Gasteiger partial charge in [-0.15, -0.1) is 10.9 Å². The quantitative estimate of drug-likeness (QED) is 0.478. The molecule has 2 aromatic carbocycles. The number of halogens is 3. The van der Waals surface area contributed by atoms with E-state index in [1.807, 2.05) is 0 Å². The minimum Gasteiger partial charge on any atom is -0.379 e. The summed E-state index contributed by atoms with van der Waals surface area (Å²) in [5.41, 5.74) is 4.62. The normalized spacial score (nSPS) is 18.2. The van der Waals surface area contributed by atoms with Crippen LogP contribution in [-0.2, 0) is 6.18 Å². The summed E-state index contributed by atoms with van der Waals surface area (Å²) in [7, 11) is -1.22. The first-order valence-corrected chi connectivity index (χ1v) is 8.44. The van der Waals surface area contributed by atoms with E-state index in [2.05, 4.69) is 4.99 Å². The molecule has 1 atom stereocenters. The molecule has 0 spiro atoms. The van der Waals surface area contributed by atoms with Crippen LogP contribution in [0.25, 0.3) is 11.1 Å². The summed E-state index contributed by atoms with van der Waals surface area (Å²) in [5, 5.41) is 12.8. The number of hydrogen-bond acceptors (Lipinski definition) is 4. The lowest BCUT2D eigenvalue weighted by atomic mass is 9.99. The van der Waals surface area contributed by atoms with E-state index in [4.69, 9.17) is 5.73 Å². The SMILES string of the molecule is NC1=NC=C[SH]1c1ccc(-c2cccc([N+](=O)[O-])c2)c(C(F)(F)F)c1.